The van der Waals surface area contributed by atoms with Crippen LogP contribution in [0.5, 0.6) is 11.5 Å². The van der Waals surface area contributed by atoms with Crippen molar-refractivity contribution in [1.29, 1.82) is 0 Å². The summed E-state index contributed by atoms with van der Waals surface area (Å²) in [4.78, 5) is 23.6. The molecule has 0 spiro atoms. The van der Waals surface area contributed by atoms with Crippen LogP contribution in [0.15, 0.2) is 16.6 Å². The van der Waals surface area contributed by atoms with Crippen LogP contribution in [0.25, 0.3) is 0 Å². The van der Waals surface area contributed by atoms with Crippen LogP contribution in [0.4, 0.5) is 0 Å². The van der Waals surface area contributed by atoms with E-state index in [1.165, 1.54) is 7.11 Å². The zero-order valence-electron chi connectivity index (χ0n) is 13.0. The molecular formula is C15H21BrN2O4. The molecule has 1 rings (SSSR count). The lowest BCUT2D eigenvalue weighted by Crippen LogP contribution is -2.37. The molecule has 0 aromatic heterocycles. The van der Waals surface area contributed by atoms with Gasteiger partial charge >= 0.3 is 0 Å². The highest BCUT2D eigenvalue weighted by Crippen LogP contribution is 2.36. The highest BCUT2D eigenvalue weighted by atomic mass is 79.9. The van der Waals surface area contributed by atoms with E-state index in [0.717, 1.165) is 6.42 Å². The van der Waals surface area contributed by atoms with Crippen LogP contribution in [0.1, 0.15) is 30.6 Å². The Balaban J connectivity index is 2.79. The summed E-state index contributed by atoms with van der Waals surface area (Å²) in [5.41, 5.74) is 0.388. The van der Waals surface area contributed by atoms with Crippen LogP contribution in [0, 0.1) is 0 Å². The smallest absolute Gasteiger partial charge is 0.251 e. The van der Waals surface area contributed by atoms with E-state index in [-0.39, 0.29) is 18.4 Å². The zero-order valence-corrected chi connectivity index (χ0v) is 14.6. The van der Waals surface area contributed by atoms with Gasteiger partial charge in [-0.3, -0.25) is 9.59 Å². The number of hydrogen-bond donors (Lipinski definition) is 2. The molecule has 0 saturated heterocycles. The first-order valence-electron chi connectivity index (χ1n) is 7.08. The standard InChI is InChI=1S/C15H21BrN2O4/c1-4-6-17-13(19)9-18-15(20)10-7-11(16)14(21-3)12(8-10)22-5-2/h7-8H,4-6,9H2,1-3H3,(H,17,19)(H,18,20). The SMILES string of the molecule is CCCNC(=O)CNC(=O)c1cc(Br)c(OC)c(OCC)c1. The third kappa shape index (κ3) is 5.22. The maximum atomic E-state index is 12.1. The highest BCUT2D eigenvalue weighted by Gasteiger charge is 2.15. The average molecular weight is 373 g/mol. The van der Waals surface area contributed by atoms with Crippen molar-refractivity contribution in [1.82, 2.24) is 10.6 Å². The topological polar surface area (TPSA) is 76.7 Å². The summed E-state index contributed by atoms with van der Waals surface area (Å²) in [6, 6.07) is 3.22. The molecule has 0 atom stereocenters. The predicted octanol–water partition coefficient (Wildman–Crippen LogP) is 2.11. The predicted molar refractivity (Wildman–Crippen MR) is 87.5 cm³/mol. The molecular weight excluding hydrogens is 352 g/mol. The summed E-state index contributed by atoms with van der Waals surface area (Å²) < 4.78 is 11.3. The number of ether oxygens (including phenoxy) is 2. The van der Waals surface area contributed by atoms with E-state index in [1.54, 1.807) is 12.1 Å². The zero-order chi connectivity index (χ0) is 16.5. The third-order valence-corrected chi connectivity index (χ3v) is 3.35. The molecule has 0 bridgehead atoms. The molecule has 1 aromatic carbocycles. The fourth-order valence-electron chi connectivity index (χ4n) is 1.75. The van der Waals surface area contributed by atoms with Crippen molar-refractivity contribution in [3.63, 3.8) is 0 Å². The van der Waals surface area contributed by atoms with E-state index in [4.69, 9.17) is 9.47 Å². The van der Waals surface area contributed by atoms with Crippen LogP contribution in [-0.2, 0) is 4.79 Å². The van der Waals surface area contributed by atoms with Crippen molar-refractivity contribution < 1.29 is 19.1 Å². The first-order chi connectivity index (χ1) is 10.5. The van der Waals surface area contributed by atoms with E-state index in [9.17, 15) is 9.59 Å². The van der Waals surface area contributed by atoms with Crippen molar-refractivity contribution in [2.24, 2.45) is 0 Å². The van der Waals surface area contributed by atoms with Gasteiger partial charge in [-0.05, 0) is 41.4 Å². The largest absolute Gasteiger partial charge is 0.492 e. The number of hydrogen-bond acceptors (Lipinski definition) is 4. The number of rotatable bonds is 8. The molecule has 2 amide bonds. The van der Waals surface area contributed by atoms with Crippen molar-refractivity contribution in [2.45, 2.75) is 20.3 Å². The van der Waals surface area contributed by atoms with Gasteiger partial charge in [0, 0.05) is 12.1 Å². The third-order valence-electron chi connectivity index (χ3n) is 2.76. The van der Waals surface area contributed by atoms with Crippen molar-refractivity contribution in [2.75, 3.05) is 26.8 Å². The number of carbonyl (C=O) groups excluding carboxylic acids is 2. The first kappa shape index (κ1) is 18.3. The van der Waals surface area contributed by atoms with E-state index in [0.29, 0.717) is 34.7 Å². The average Bonchev–Trinajstić information content (AvgIpc) is 2.50. The fraction of sp³-hybridized carbons (Fsp3) is 0.467. The van der Waals surface area contributed by atoms with Gasteiger partial charge in [-0.2, -0.15) is 0 Å². The molecule has 6 nitrogen and oxygen atoms in total. The van der Waals surface area contributed by atoms with Gasteiger partial charge in [-0.1, -0.05) is 6.92 Å². The summed E-state index contributed by atoms with van der Waals surface area (Å²) in [6.07, 6.45) is 0.850. The summed E-state index contributed by atoms with van der Waals surface area (Å²) in [5.74, 6) is 0.433. The Morgan fingerprint density at radius 2 is 1.95 bits per heavy atom. The van der Waals surface area contributed by atoms with Crippen molar-refractivity contribution in [3.8, 4) is 11.5 Å². The molecule has 0 saturated carbocycles. The fourth-order valence-corrected chi connectivity index (χ4v) is 2.35. The first-order valence-corrected chi connectivity index (χ1v) is 7.87. The Bertz CT molecular complexity index is 535. The molecule has 22 heavy (non-hydrogen) atoms. The molecule has 122 valence electrons. The lowest BCUT2D eigenvalue weighted by molar-refractivity contribution is -0.120. The minimum Gasteiger partial charge on any atom is -0.492 e. The van der Waals surface area contributed by atoms with E-state index in [2.05, 4.69) is 26.6 Å². The second kappa shape index (κ2) is 9.30. The Kier molecular flexibility index (Phi) is 7.73. The Hall–Kier alpha value is -1.76. The lowest BCUT2D eigenvalue weighted by Gasteiger charge is -2.13. The van der Waals surface area contributed by atoms with Gasteiger partial charge in [-0.25, -0.2) is 0 Å². The molecule has 0 unspecified atom stereocenters. The number of halogens is 1. The van der Waals surface area contributed by atoms with E-state index < -0.39 is 0 Å². The van der Waals surface area contributed by atoms with Crippen LogP contribution >= 0.6 is 15.9 Å². The Morgan fingerprint density at radius 3 is 2.55 bits per heavy atom. The van der Waals surface area contributed by atoms with Crippen LogP contribution in [0.2, 0.25) is 0 Å². The summed E-state index contributed by atoms with van der Waals surface area (Å²) in [6.45, 7) is 4.79. The number of amides is 2. The summed E-state index contributed by atoms with van der Waals surface area (Å²) in [5, 5.41) is 5.27. The van der Waals surface area contributed by atoms with Gasteiger partial charge in [0.05, 0.1) is 24.7 Å². The van der Waals surface area contributed by atoms with Crippen LogP contribution in [-0.4, -0.2) is 38.6 Å². The van der Waals surface area contributed by atoms with Crippen LogP contribution in [0.3, 0.4) is 0 Å². The molecule has 7 heteroatoms. The Labute approximate surface area is 138 Å². The highest BCUT2D eigenvalue weighted by molar-refractivity contribution is 9.10. The van der Waals surface area contributed by atoms with Gasteiger partial charge in [0.2, 0.25) is 5.91 Å². The quantitative estimate of drug-likeness (QED) is 0.732. The molecule has 0 fully saturated rings. The van der Waals surface area contributed by atoms with E-state index >= 15 is 0 Å². The number of carbonyl (C=O) groups is 2. The molecule has 0 heterocycles. The number of nitrogens with one attached hydrogen (secondary N) is 2. The molecule has 0 aliphatic heterocycles. The summed E-state index contributed by atoms with van der Waals surface area (Å²) >= 11 is 3.35. The molecule has 2 N–H and O–H groups in total. The van der Waals surface area contributed by atoms with Gasteiger partial charge in [0.25, 0.3) is 5.91 Å². The van der Waals surface area contributed by atoms with Crippen molar-refractivity contribution in [3.05, 3.63) is 22.2 Å². The molecule has 0 radical (unpaired) electrons. The maximum Gasteiger partial charge on any atom is 0.251 e. The molecule has 0 aliphatic rings. The Morgan fingerprint density at radius 1 is 1.23 bits per heavy atom. The molecule has 1 aromatic rings. The lowest BCUT2D eigenvalue weighted by atomic mass is 10.2. The monoisotopic (exact) mass is 372 g/mol. The number of benzene rings is 1. The van der Waals surface area contributed by atoms with Gasteiger partial charge in [0.1, 0.15) is 0 Å². The minimum absolute atomic E-state index is 0.0630. The molecule has 0 aliphatic carbocycles. The second-order valence-corrected chi connectivity index (χ2v) is 5.31. The van der Waals surface area contributed by atoms with Gasteiger partial charge in [0.15, 0.2) is 11.5 Å². The van der Waals surface area contributed by atoms with Gasteiger partial charge < -0.3 is 20.1 Å². The van der Waals surface area contributed by atoms with E-state index in [1.807, 2.05) is 13.8 Å². The maximum absolute atomic E-state index is 12.1. The normalized spacial score (nSPS) is 10.0. The van der Waals surface area contributed by atoms with Crippen molar-refractivity contribution >= 4 is 27.7 Å². The summed E-state index contributed by atoms with van der Waals surface area (Å²) in [7, 11) is 1.53. The second-order valence-electron chi connectivity index (χ2n) is 4.46. The van der Waals surface area contributed by atoms with Gasteiger partial charge in [-0.15, -0.1) is 0 Å². The number of methoxy groups -OCH3 is 1. The minimum atomic E-state index is -0.351. The van der Waals surface area contributed by atoms with Crippen LogP contribution < -0.4 is 20.1 Å².